The lowest BCUT2D eigenvalue weighted by Crippen LogP contribution is -2.62. The number of rotatable bonds is 4. The largest absolute Gasteiger partial charge is 0.391 e. The lowest BCUT2D eigenvalue weighted by Gasteiger charge is -2.46. The van der Waals surface area contributed by atoms with Crippen molar-refractivity contribution < 1.29 is 14.7 Å². The van der Waals surface area contributed by atoms with E-state index in [4.69, 9.17) is 5.73 Å². The maximum absolute atomic E-state index is 11.5. The van der Waals surface area contributed by atoms with E-state index in [0.29, 0.717) is 0 Å². The van der Waals surface area contributed by atoms with Crippen molar-refractivity contribution in [3.8, 4) is 0 Å². The van der Waals surface area contributed by atoms with Gasteiger partial charge in [-0.3, -0.25) is 9.59 Å². The van der Waals surface area contributed by atoms with Crippen LogP contribution in [0, 0.1) is 5.41 Å². The van der Waals surface area contributed by atoms with E-state index in [1.165, 1.54) is 0 Å². The van der Waals surface area contributed by atoms with Crippen molar-refractivity contribution >= 4 is 11.8 Å². The molecule has 1 spiro atoms. The summed E-state index contributed by atoms with van der Waals surface area (Å²) < 4.78 is 0. The van der Waals surface area contributed by atoms with Crippen LogP contribution in [0.4, 0.5) is 0 Å². The highest BCUT2D eigenvalue weighted by atomic mass is 16.3. The van der Waals surface area contributed by atoms with Gasteiger partial charge in [0.2, 0.25) is 11.8 Å². The van der Waals surface area contributed by atoms with Gasteiger partial charge in [0.25, 0.3) is 0 Å². The number of primary amides is 1. The Hall–Kier alpha value is -1.14. The van der Waals surface area contributed by atoms with Gasteiger partial charge in [0, 0.05) is 12.6 Å². The molecule has 2 rings (SSSR count). The minimum Gasteiger partial charge on any atom is -0.391 e. The smallest absolute Gasteiger partial charge is 0.237 e. The van der Waals surface area contributed by atoms with Crippen molar-refractivity contribution in [3.63, 3.8) is 0 Å². The fourth-order valence-corrected chi connectivity index (χ4v) is 2.86. The first kappa shape index (κ1) is 13.3. The average molecular weight is 255 g/mol. The summed E-state index contributed by atoms with van der Waals surface area (Å²) in [4.78, 5) is 22.7. The Bertz CT molecular complexity index is 348. The molecule has 0 radical (unpaired) electrons. The molecule has 1 heterocycles. The highest BCUT2D eigenvalue weighted by Crippen LogP contribution is 2.40. The summed E-state index contributed by atoms with van der Waals surface area (Å²) in [6.45, 7) is 2.32. The predicted molar refractivity (Wildman–Crippen MR) is 65.5 cm³/mol. The predicted octanol–water partition coefficient (Wildman–Crippen LogP) is -1.13. The van der Waals surface area contributed by atoms with Crippen molar-refractivity contribution in [1.29, 1.82) is 0 Å². The van der Waals surface area contributed by atoms with Crippen molar-refractivity contribution in [2.45, 2.75) is 50.8 Å². The number of aliphatic hydroxyl groups excluding tert-OH is 1. The second-order valence-electron chi connectivity index (χ2n) is 5.52. The van der Waals surface area contributed by atoms with E-state index in [1.54, 1.807) is 6.92 Å². The van der Waals surface area contributed by atoms with Gasteiger partial charge >= 0.3 is 0 Å². The normalized spacial score (nSPS) is 34.6. The molecule has 2 aliphatic rings. The van der Waals surface area contributed by atoms with Gasteiger partial charge in [-0.15, -0.1) is 0 Å². The van der Waals surface area contributed by atoms with E-state index in [9.17, 15) is 14.7 Å². The van der Waals surface area contributed by atoms with Gasteiger partial charge in [0.1, 0.15) is 6.04 Å². The molecule has 18 heavy (non-hydrogen) atoms. The molecular weight excluding hydrogens is 234 g/mol. The van der Waals surface area contributed by atoms with E-state index in [0.717, 1.165) is 32.2 Å². The van der Waals surface area contributed by atoms with E-state index in [1.807, 2.05) is 0 Å². The zero-order chi connectivity index (χ0) is 13.3. The Kier molecular flexibility index (Phi) is 3.59. The number of carbonyl (C=O) groups is 2. The molecule has 6 heteroatoms. The summed E-state index contributed by atoms with van der Waals surface area (Å²) in [6.07, 6.45) is 2.54. The molecule has 2 fully saturated rings. The Labute approximate surface area is 106 Å². The quantitative estimate of drug-likeness (QED) is 0.477. The summed E-state index contributed by atoms with van der Waals surface area (Å²) in [5.74, 6) is -0.380. The number of amides is 2. The fourth-order valence-electron chi connectivity index (χ4n) is 2.86. The van der Waals surface area contributed by atoms with E-state index < -0.39 is 18.1 Å². The van der Waals surface area contributed by atoms with Crippen LogP contribution in [0.15, 0.2) is 0 Å². The molecule has 102 valence electrons. The lowest BCUT2D eigenvalue weighted by molar-refractivity contribution is -0.143. The second-order valence-corrected chi connectivity index (χ2v) is 5.52. The number of aliphatic hydroxyl groups is 1. The van der Waals surface area contributed by atoms with Crippen LogP contribution in [0.3, 0.4) is 0 Å². The summed E-state index contributed by atoms with van der Waals surface area (Å²) in [7, 11) is 0. The van der Waals surface area contributed by atoms with Crippen LogP contribution in [-0.2, 0) is 9.59 Å². The number of hydrogen-bond donors (Lipinski definition) is 4. The molecule has 0 aromatic carbocycles. The van der Waals surface area contributed by atoms with Gasteiger partial charge in [-0.1, -0.05) is 0 Å². The Morgan fingerprint density at radius 1 is 1.56 bits per heavy atom. The molecule has 0 aromatic heterocycles. The van der Waals surface area contributed by atoms with Crippen LogP contribution in [-0.4, -0.2) is 41.7 Å². The molecule has 1 aliphatic heterocycles. The summed E-state index contributed by atoms with van der Waals surface area (Å²) in [6, 6.07) is -0.560. The first-order valence-corrected chi connectivity index (χ1v) is 6.46. The third-order valence-electron chi connectivity index (χ3n) is 4.22. The van der Waals surface area contributed by atoms with E-state index >= 15 is 0 Å². The summed E-state index contributed by atoms with van der Waals surface area (Å²) >= 11 is 0. The number of hydrogen-bond acceptors (Lipinski definition) is 4. The highest BCUT2D eigenvalue weighted by Gasteiger charge is 2.48. The monoisotopic (exact) mass is 255 g/mol. The Morgan fingerprint density at radius 3 is 2.50 bits per heavy atom. The van der Waals surface area contributed by atoms with E-state index in [-0.39, 0.29) is 17.4 Å². The zero-order valence-electron chi connectivity index (χ0n) is 10.6. The molecule has 1 aliphatic carbocycles. The third-order valence-corrected chi connectivity index (χ3v) is 4.22. The SMILES string of the molecule is C[C@@H](O)[C@H](NC1CCC2(CC1)CNC2=O)C(N)=O. The van der Waals surface area contributed by atoms with Gasteiger partial charge in [0.15, 0.2) is 0 Å². The van der Waals surface area contributed by atoms with Crippen LogP contribution >= 0.6 is 0 Å². The molecule has 0 aromatic rings. The minimum atomic E-state index is -0.801. The van der Waals surface area contributed by atoms with Crippen molar-refractivity contribution in [3.05, 3.63) is 0 Å². The molecule has 2 atom stereocenters. The van der Waals surface area contributed by atoms with Crippen molar-refractivity contribution in [2.24, 2.45) is 11.1 Å². The van der Waals surface area contributed by atoms with Gasteiger partial charge < -0.3 is 21.5 Å². The van der Waals surface area contributed by atoms with Crippen LogP contribution in [0.5, 0.6) is 0 Å². The van der Waals surface area contributed by atoms with Crippen LogP contribution in [0.1, 0.15) is 32.6 Å². The maximum atomic E-state index is 11.5. The fraction of sp³-hybridized carbons (Fsp3) is 0.833. The third kappa shape index (κ3) is 2.35. The van der Waals surface area contributed by atoms with Crippen LogP contribution in [0.2, 0.25) is 0 Å². The van der Waals surface area contributed by atoms with Crippen LogP contribution in [0.25, 0.3) is 0 Å². The maximum Gasteiger partial charge on any atom is 0.237 e. The minimum absolute atomic E-state index is 0.149. The average Bonchev–Trinajstić information content (AvgIpc) is 2.34. The standard InChI is InChI=1S/C12H21N3O3/c1-7(16)9(10(13)17)15-8-2-4-12(5-3-8)6-14-11(12)18/h7-9,15-16H,2-6H2,1H3,(H2,13,17)(H,14,18)/t7-,8?,9+,12?/m1/s1. The van der Waals surface area contributed by atoms with Gasteiger partial charge in [-0.2, -0.15) is 0 Å². The van der Waals surface area contributed by atoms with Crippen molar-refractivity contribution in [2.75, 3.05) is 6.54 Å². The summed E-state index contributed by atoms with van der Waals surface area (Å²) in [5, 5.41) is 15.4. The van der Waals surface area contributed by atoms with Gasteiger partial charge in [0.05, 0.1) is 11.5 Å². The molecule has 1 saturated heterocycles. The van der Waals surface area contributed by atoms with Gasteiger partial charge in [-0.25, -0.2) is 0 Å². The molecule has 0 bridgehead atoms. The number of nitrogens with one attached hydrogen (secondary N) is 2. The molecular formula is C12H21N3O3. The molecule has 0 unspecified atom stereocenters. The molecule has 6 nitrogen and oxygen atoms in total. The number of β-lactam (4-membered cyclic amide) rings is 1. The first-order chi connectivity index (χ1) is 8.44. The summed E-state index contributed by atoms with van der Waals surface area (Å²) in [5.41, 5.74) is 5.08. The topological polar surface area (TPSA) is 104 Å². The number of carbonyl (C=O) groups excluding carboxylic acids is 2. The second kappa shape index (κ2) is 4.85. The van der Waals surface area contributed by atoms with Crippen LogP contribution < -0.4 is 16.4 Å². The zero-order valence-corrected chi connectivity index (χ0v) is 10.6. The Morgan fingerprint density at radius 2 is 2.17 bits per heavy atom. The first-order valence-electron chi connectivity index (χ1n) is 6.46. The lowest BCUT2D eigenvalue weighted by atomic mass is 9.68. The van der Waals surface area contributed by atoms with Crippen molar-refractivity contribution in [1.82, 2.24) is 10.6 Å². The molecule has 1 saturated carbocycles. The highest BCUT2D eigenvalue weighted by molar-refractivity contribution is 5.88. The molecule has 5 N–H and O–H groups in total. The molecule has 2 amide bonds. The Balaban J connectivity index is 1.86. The van der Waals surface area contributed by atoms with Gasteiger partial charge in [-0.05, 0) is 32.6 Å². The van der Waals surface area contributed by atoms with E-state index in [2.05, 4.69) is 10.6 Å². The number of nitrogens with two attached hydrogens (primary N) is 1.